The lowest BCUT2D eigenvalue weighted by atomic mass is 9.75. The number of benzene rings is 1. The number of hydrogen-bond acceptors (Lipinski definition) is 4. The average Bonchev–Trinajstić information content (AvgIpc) is 3.13. The van der Waals surface area contributed by atoms with Gasteiger partial charge in [0.1, 0.15) is 5.75 Å². The van der Waals surface area contributed by atoms with Crippen LogP contribution in [0.4, 0.5) is 0 Å². The van der Waals surface area contributed by atoms with Gasteiger partial charge in [0.25, 0.3) is 0 Å². The summed E-state index contributed by atoms with van der Waals surface area (Å²) in [6.45, 7) is 3.00. The lowest BCUT2D eigenvalue weighted by molar-refractivity contribution is -0.135. The second-order valence-corrected chi connectivity index (χ2v) is 8.14. The topological polar surface area (TPSA) is 56.7 Å². The predicted molar refractivity (Wildman–Crippen MR) is 102 cm³/mol. The van der Waals surface area contributed by atoms with Crippen LogP contribution in [0.5, 0.6) is 5.75 Å². The Hall–Kier alpha value is -2.40. The second-order valence-electron chi connectivity index (χ2n) is 8.14. The molecule has 0 unspecified atom stereocenters. The smallest absolute Gasteiger partial charge is 0.227 e. The minimum atomic E-state index is 0.203. The summed E-state index contributed by atoms with van der Waals surface area (Å²) in [7, 11) is 0. The fourth-order valence-corrected chi connectivity index (χ4v) is 5.53. The minimum Gasteiger partial charge on any atom is -0.508 e. The summed E-state index contributed by atoms with van der Waals surface area (Å²) in [5.74, 6) is 1.37. The average molecular weight is 363 g/mol. The molecule has 3 atom stereocenters. The van der Waals surface area contributed by atoms with Gasteiger partial charge in [-0.25, -0.2) is 0 Å². The zero-order valence-electron chi connectivity index (χ0n) is 15.4. The first-order valence-corrected chi connectivity index (χ1v) is 9.92. The molecule has 6 rings (SSSR count). The van der Waals surface area contributed by atoms with Crippen molar-refractivity contribution in [2.75, 3.05) is 19.6 Å². The SMILES string of the molecule is O=C(Cc1cccnc1)N1C[C@@H](c2cccc(O)c2)[C@@H]2[C@H]1C1CCN2CC1. The van der Waals surface area contributed by atoms with Gasteiger partial charge in [0.15, 0.2) is 0 Å². The van der Waals surface area contributed by atoms with E-state index in [9.17, 15) is 9.90 Å². The quantitative estimate of drug-likeness (QED) is 0.910. The number of pyridine rings is 1. The first kappa shape index (κ1) is 16.8. The van der Waals surface area contributed by atoms with E-state index in [1.165, 1.54) is 12.8 Å². The number of carbonyl (C=O) groups is 1. The number of carbonyl (C=O) groups excluding carboxylic acids is 1. The number of amides is 1. The molecule has 1 N–H and O–H groups in total. The number of aromatic nitrogens is 1. The molecule has 0 radical (unpaired) electrons. The van der Waals surface area contributed by atoms with Gasteiger partial charge in [-0.15, -0.1) is 0 Å². The van der Waals surface area contributed by atoms with Crippen molar-refractivity contribution in [3.05, 3.63) is 59.9 Å². The van der Waals surface area contributed by atoms with Gasteiger partial charge in [0.05, 0.1) is 12.5 Å². The Bertz CT molecular complexity index is 832. The molecule has 0 saturated carbocycles. The van der Waals surface area contributed by atoms with Crippen molar-refractivity contribution in [2.45, 2.75) is 37.3 Å². The summed E-state index contributed by atoms with van der Waals surface area (Å²) < 4.78 is 0. The molecule has 1 aromatic heterocycles. The molecule has 4 aliphatic heterocycles. The molecule has 1 amide bonds. The Balaban J connectivity index is 1.46. The van der Waals surface area contributed by atoms with Crippen molar-refractivity contribution >= 4 is 5.91 Å². The Morgan fingerprint density at radius 3 is 2.74 bits per heavy atom. The van der Waals surface area contributed by atoms with Gasteiger partial charge < -0.3 is 10.0 Å². The molecule has 2 aromatic rings. The maximum Gasteiger partial charge on any atom is 0.227 e. The third-order valence-electron chi connectivity index (χ3n) is 6.69. The van der Waals surface area contributed by atoms with Crippen LogP contribution in [-0.4, -0.2) is 57.5 Å². The van der Waals surface area contributed by atoms with E-state index in [-0.39, 0.29) is 11.8 Å². The maximum atomic E-state index is 13.2. The summed E-state index contributed by atoms with van der Waals surface area (Å²) in [5.41, 5.74) is 2.12. The number of piperidine rings is 3. The number of hydrogen-bond donors (Lipinski definition) is 1. The molecule has 0 spiro atoms. The standard InChI is InChI=1S/C22H25N3O2/c26-18-5-1-4-17(12-18)19-14-25(20(27)11-15-3-2-8-23-13-15)21-16-6-9-24(10-7-16)22(19)21/h1-5,8,12-13,16,19,21-22,26H,6-7,9-11,14H2/t19-,21+,22+/m0/s1. The summed E-state index contributed by atoms with van der Waals surface area (Å²) >= 11 is 0. The molecule has 5 heterocycles. The van der Waals surface area contributed by atoms with Gasteiger partial charge in [-0.2, -0.15) is 0 Å². The lowest BCUT2D eigenvalue weighted by Gasteiger charge is -2.51. The van der Waals surface area contributed by atoms with Crippen LogP contribution < -0.4 is 0 Å². The fourth-order valence-electron chi connectivity index (χ4n) is 5.53. The molecule has 27 heavy (non-hydrogen) atoms. The molecule has 5 nitrogen and oxygen atoms in total. The van der Waals surface area contributed by atoms with E-state index in [0.29, 0.717) is 30.2 Å². The molecule has 2 bridgehead atoms. The van der Waals surface area contributed by atoms with Crippen LogP contribution in [0.15, 0.2) is 48.8 Å². The van der Waals surface area contributed by atoms with Crippen molar-refractivity contribution in [1.29, 1.82) is 0 Å². The van der Waals surface area contributed by atoms with E-state index < -0.39 is 0 Å². The highest BCUT2D eigenvalue weighted by Gasteiger charge is 2.54. The van der Waals surface area contributed by atoms with Crippen LogP contribution in [0.2, 0.25) is 0 Å². The number of nitrogens with zero attached hydrogens (tertiary/aromatic N) is 3. The van der Waals surface area contributed by atoms with Gasteiger partial charge in [0, 0.05) is 30.9 Å². The third kappa shape index (κ3) is 2.90. The van der Waals surface area contributed by atoms with E-state index in [2.05, 4.69) is 20.9 Å². The number of rotatable bonds is 3. The Morgan fingerprint density at radius 2 is 2.00 bits per heavy atom. The zero-order chi connectivity index (χ0) is 18.4. The Kier molecular flexibility index (Phi) is 4.12. The van der Waals surface area contributed by atoms with E-state index >= 15 is 0 Å². The van der Waals surface area contributed by atoms with Gasteiger partial charge >= 0.3 is 0 Å². The summed E-state index contributed by atoms with van der Waals surface area (Å²) in [4.78, 5) is 22.1. The first-order valence-electron chi connectivity index (χ1n) is 9.92. The third-order valence-corrected chi connectivity index (χ3v) is 6.69. The maximum absolute atomic E-state index is 13.2. The molecule has 4 aliphatic rings. The van der Waals surface area contributed by atoms with Crippen LogP contribution in [0.1, 0.15) is 29.9 Å². The highest BCUT2D eigenvalue weighted by Crippen LogP contribution is 2.47. The van der Waals surface area contributed by atoms with E-state index in [4.69, 9.17) is 0 Å². The summed E-state index contributed by atoms with van der Waals surface area (Å²) in [5, 5.41) is 9.97. The molecular weight excluding hydrogens is 338 g/mol. The molecular formula is C22H25N3O2. The first-order chi connectivity index (χ1) is 13.2. The fraction of sp³-hybridized carbons (Fsp3) is 0.455. The van der Waals surface area contributed by atoms with Gasteiger partial charge in [-0.1, -0.05) is 18.2 Å². The summed E-state index contributed by atoms with van der Waals surface area (Å²) in [6.07, 6.45) is 6.31. The summed E-state index contributed by atoms with van der Waals surface area (Å²) in [6, 6.07) is 12.1. The predicted octanol–water partition coefficient (Wildman–Crippen LogP) is 2.42. The highest BCUT2D eigenvalue weighted by atomic mass is 16.3. The van der Waals surface area contributed by atoms with E-state index in [0.717, 1.165) is 30.8 Å². The number of phenolic OH excluding ortho intramolecular Hbond substituents is 1. The highest BCUT2D eigenvalue weighted by molar-refractivity contribution is 5.80. The number of aromatic hydroxyl groups is 1. The zero-order valence-corrected chi connectivity index (χ0v) is 15.4. The number of phenols is 1. The minimum absolute atomic E-state index is 0.203. The van der Waals surface area contributed by atoms with Crippen molar-refractivity contribution < 1.29 is 9.90 Å². The number of fused-ring (bicyclic) bond motifs is 2. The van der Waals surface area contributed by atoms with Gasteiger partial charge in [0.2, 0.25) is 5.91 Å². The molecule has 4 fully saturated rings. The molecule has 140 valence electrons. The van der Waals surface area contributed by atoms with Gasteiger partial charge in [-0.3, -0.25) is 14.7 Å². The lowest BCUT2D eigenvalue weighted by Crippen LogP contribution is -2.60. The van der Waals surface area contributed by atoms with Crippen LogP contribution in [0.25, 0.3) is 0 Å². The van der Waals surface area contributed by atoms with Crippen LogP contribution in [0.3, 0.4) is 0 Å². The van der Waals surface area contributed by atoms with Crippen molar-refractivity contribution in [1.82, 2.24) is 14.8 Å². The van der Waals surface area contributed by atoms with E-state index in [1.807, 2.05) is 24.3 Å². The van der Waals surface area contributed by atoms with Crippen LogP contribution in [0, 0.1) is 5.92 Å². The molecule has 5 heteroatoms. The second kappa shape index (κ2) is 6.64. The van der Waals surface area contributed by atoms with Crippen LogP contribution in [-0.2, 0) is 11.2 Å². The molecule has 1 aromatic carbocycles. The number of likely N-dealkylation sites (tertiary alicyclic amines) is 1. The Labute approximate surface area is 159 Å². The van der Waals surface area contributed by atoms with Crippen molar-refractivity contribution in [3.8, 4) is 5.75 Å². The molecule has 0 aliphatic carbocycles. The monoisotopic (exact) mass is 363 g/mol. The van der Waals surface area contributed by atoms with Crippen molar-refractivity contribution in [2.24, 2.45) is 5.92 Å². The largest absolute Gasteiger partial charge is 0.508 e. The van der Waals surface area contributed by atoms with Crippen molar-refractivity contribution in [3.63, 3.8) is 0 Å². The van der Waals surface area contributed by atoms with Crippen LogP contribution >= 0.6 is 0 Å². The normalized spacial score (nSPS) is 31.7. The Morgan fingerprint density at radius 1 is 1.15 bits per heavy atom. The van der Waals surface area contributed by atoms with E-state index in [1.54, 1.807) is 18.5 Å². The molecule has 4 saturated heterocycles. The van der Waals surface area contributed by atoms with Gasteiger partial charge in [-0.05, 0) is 61.2 Å².